The molecular formula is C9H7Br2F2NO2. The number of aromatic nitrogens is 1. The van der Waals surface area contributed by atoms with Crippen molar-refractivity contribution in [3.8, 4) is 0 Å². The molecule has 0 unspecified atom stereocenters. The highest BCUT2D eigenvalue weighted by Crippen LogP contribution is 2.30. The molecule has 16 heavy (non-hydrogen) atoms. The van der Waals surface area contributed by atoms with Crippen LogP contribution in [0.2, 0.25) is 0 Å². The Morgan fingerprint density at radius 1 is 1.62 bits per heavy atom. The molecule has 0 saturated carbocycles. The largest absolute Gasteiger partial charge is 0.465 e. The zero-order valence-electron chi connectivity index (χ0n) is 8.14. The molecule has 0 atom stereocenters. The SMILES string of the molecule is COC(=O)c1c(C(F)F)ncc(Br)c1CBr. The number of ether oxygens (including phenoxy) is 1. The molecule has 0 spiro atoms. The molecule has 0 aliphatic heterocycles. The van der Waals surface area contributed by atoms with E-state index in [0.29, 0.717) is 10.0 Å². The summed E-state index contributed by atoms with van der Waals surface area (Å²) >= 11 is 6.27. The van der Waals surface area contributed by atoms with Crippen LogP contribution in [-0.4, -0.2) is 18.1 Å². The summed E-state index contributed by atoms with van der Waals surface area (Å²) < 4.78 is 30.3. The number of nitrogens with zero attached hydrogens (tertiary/aromatic N) is 1. The van der Waals surface area contributed by atoms with Gasteiger partial charge in [-0.3, -0.25) is 4.98 Å². The van der Waals surface area contributed by atoms with Crippen molar-refractivity contribution in [2.24, 2.45) is 0 Å². The van der Waals surface area contributed by atoms with Gasteiger partial charge in [0.05, 0.1) is 12.7 Å². The maximum atomic E-state index is 12.7. The van der Waals surface area contributed by atoms with E-state index in [1.165, 1.54) is 6.20 Å². The van der Waals surface area contributed by atoms with Crippen molar-refractivity contribution >= 4 is 37.8 Å². The van der Waals surface area contributed by atoms with Gasteiger partial charge in [-0.05, 0) is 21.5 Å². The van der Waals surface area contributed by atoms with Gasteiger partial charge in [-0.25, -0.2) is 13.6 Å². The highest BCUT2D eigenvalue weighted by atomic mass is 79.9. The predicted molar refractivity (Wildman–Crippen MR) is 60.9 cm³/mol. The number of rotatable bonds is 3. The molecular weight excluding hydrogens is 352 g/mol. The average molecular weight is 359 g/mol. The molecule has 0 N–H and O–H groups in total. The average Bonchev–Trinajstić information content (AvgIpc) is 2.27. The van der Waals surface area contributed by atoms with Crippen molar-refractivity contribution in [3.05, 3.63) is 27.5 Å². The minimum absolute atomic E-state index is 0.191. The Kier molecular flexibility index (Phi) is 4.79. The Labute approximate surface area is 107 Å². The lowest BCUT2D eigenvalue weighted by Crippen LogP contribution is -2.12. The van der Waals surface area contributed by atoms with Gasteiger partial charge in [0.25, 0.3) is 6.43 Å². The van der Waals surface area contributed by atoms with Gasteiger partial charge in [0.2, 0.25) is 0 Å². The summed E-state index contributed by atoms with van der Waals surface area (Å²) in [6, 6.07) is 0. The normalized spacial score (nSPS) is 10.6. The first kappa shape index (κ1) is 13.5. The van der Waals surface area contributed by atoms with Crippen LogP contribution in [0.15, 0.2) is 10.7 Å². The first-order chi connectivity index (χ1) is 7.52. The van der Waals surface area contributed by atoms with Crippen LogP contribution in [0.25, 0.3) is 0 Å². The van der Waals surface area contributed by atoms with Gasteiger partial charge >= 0.3 is 5.97 Å². The molecule has 0 bridgehead atoms. The molecule has 0 radical (unpaired) electrons. The highest BCUT2D eigenvalue weighted by Gasteiger charge is 2.25. The van der Waals surface area contributed by atoms with Crippen molar-refractivity contribution in [1.29, 1.82) is 0 Å². The van der Waals surface area contributed by atoms with Gasteiger partial charge < -0.3 is 4.74 Å². The lowest BCUT2D eigenvalue weighted by Gasteiger charge is -2.11. The van der Waals surface area contributed by atoms with Crippen molar-refractivity contribution in [2.45, 2.75) is 11.8 Å². The zero-order valence-corrected chi connectivity index (χ0v) is 11.3. The predicted octanol–water partition coefficient (Wildman–Crippen LogP) is 3.46. The van der Waals surface area contributed by atoms with Gasteiger partial charge in [0, 0.05) is 16.0 Å². The number of pyridine rings is 1. The van der Waals surface area contributed by atoms with E-state index in [9.17, 15) is 13.6 Å². The van der Waals surface area contributed by atoms with Crippen molar-refractivity contribution < 1.29 is 18.3 Å². The van der Waals surface area contributed by atoms with Gasteiger partial charge in [0.1, 0.15) is 5.69 Å². The highest BCUT2D eigenvalue weighted by molar-refractivity contribution is 9.10. The topological polar surface area (TPSA) is 39.2 Å². The molecule has 88 valence electrons. The fourth-order valence-electron chi connectivity index (χ4n) is 1.17. The van der Waals surface area contributed by atoms with Crippen molar-refractivity contribution in [1.82, 2.24) is 4.98 Å². The van der Waals surface area contributed by atoms with E-state index in [1.807, 2.05) is 0 Å². The summed E-state index contributed by atoms with van der Waals surface area (Å²) in [5.41, 5.74) is -0.356. The Bertz CT molecular complexity index is 413. The standard InChI is InChI=1S/C9H7Br2F2NO2/c1-16-9(15)6-4(2-10)5(11)3-14-7(6)8(12)13/h3,8H,2H2,1H3. The number of methoxy groups -OCH3 is 1. The first-order valence-electron chi connectivity index (χ1n) is 4.12. The van der Waals surface area contributed by atoms with E-state index in [2.05, 4.69) is 41.6 Å². The van der Waals surface area contributed by atoms with E-state index >= 15 is 0 Å². The lowest BCUT2D eigenvalue weighted by molar-refractivity contribution is 0.0586. The van der Waals surface area contributed by atoms with Gasteiger partial charge in [0.15, 0.2) is 0 Å². The third-order valence-corrected chi connectivity index (χ3v) is 3.14. The molecule has 0 aliphatic rings. The lowest BCUT2D eigenvalue weighted by atomic mass is 10.1. The molecule has 0 aromatic carbocycles. The summed E-state index contributed by atoms with van der Waals surface area (Å²) in [4.78, 5) is 15.0. The van der Waals surface area contributed by atoms with E-state index in [0.717, 1.165) is 7.11 Å². The Morgan fingerprint density at radius 3 is 2.69 bits per heavy atom. The van der Waals surface area contributed by atoms with Gasteiger partial charge in [-0.15, -0.1) is 0 Å². The maximum absolute atomic E-state index is 12.7. The molecule has 1 heterocycles. The number of esters is 1. The molecule has 0 fully saturated rings. The smallest absolute Gasteiger partial charge is 0.340 e. The van der Waals surface area contributed by atoms with Gasteiger partial charge in [-0.2, -0.15) is 0 Å². The molecule has 7 heteroatoms. The molecule has 1 aromatic rings. The Morgan fingerprint density at radius 2 is 2.25 bits per heavy atom. The van der Waals surface area contributed by atoms with Crippen LogP contribution in [0.3, 0.4) is 0 Å². The van der Waals surface area contributed by atoms with Crippen molar-refractivity contribution in [2.75, 3.05) is 7.11 Å². The minimum atomic E-state index is -2.82. The maximum Gasteiger partial charge on any atom is 0.340 e. The van der Waals surface area contributed by atoms with E-state index in [1.54, 1.807) is 0 Å². The number of hydrogen-bond acceptors (Lipinski definition) is 3. The summed E-state index contributed by atoms with van der Waals surface area (Å²) in [6.07, 6.45) is -1.58. The first-order valence-corrected chi connectivity index (χ1v) is 6.04. The summed E-state index contributed by atoms with van der Waals surface area (Å²) in [7, 11) is 1.14. The summed E-state index contributed by atoms with van der Waals surface area (Å²) in [5, 5.41) is 0.250. The minimum Gasteiger partial charge on any atom is -0.465 e. The molecule has 1 rings (SSSR count). The van der Waals surface area contributed by atoms with Crippen LogP contribution >= 0.6 is 31.9 Å². The zero-order chi connectivity index (χ0) is 12.3. The fourth-order valence-corrected chi connectivity index (χ4v) is 2.57. The number of halogens is 4. The fraction of sp³-hybridized carbons (Fsp3) is 0.333. The molecule has 0 aliphatic carbocycles. The van der Waals surface area contributed by atoms with Crippen molar-refractivity contribution in [3.63, 3.8) is 0 Å². The van der Waals surface area contributed by atoms with E-state index in [4.69, 9.17) is 0 Å². The third-order valence-electron chi connectivity index (χ3n) is 1.89. The molecule has 3 nitrogen and oxygen atoms in total. The Hall–Kier alpha value is -0.560. The number of carbonyl (C=O) groups excluding carboxylic acids is 1. The second-order valence-corrected chi connectivity index (χ2v) is 4.19. The van der Waals surface area contributed by atoms with E-state index in [-0.39, 0.29) is 10.9 Å². The molecule has 0 saturated heterocycles. The molecule has 0 amide bonds. The van der Waals surface area contributed by atoms with Crippen LogP contribution in [0, 0.1) is 0 Å². The van der Waals surface area contributed by atoms with Crippen LogP contribution in [-0.2, 0) is 10.1 Å². The second-order valence-electron chi connectivity index (χ2n) is 2.77. The van der Waals surface area contributed by atoms with Crippen LogP contribution in [0.5, 0.6) is 0 Å². The summed E-state index contributed by atoms with van der Waals surface area (Å²) in [6.45, 7) is 0. The van der Waals surface area contributed by atoms with E-state index < -0.39 is 18.1 Å². The molecule has 1 aromatic heterocycles. The van der Waals surface area contributed by atoms with Crippen LogP contribution in [0.1, 0.15) is 28.0 Å². The number of alkyl halides is 3. The van der Waals surface area contributed by atoms with Gasteiger partial charge in [-0.1, -0.05) is 15.9 Å². The quantitative estimate of drug-likeness (QED) is 0.613. The van der Waals surface area contributed by atoms with Crippen LogP contribution < -0.4 is 0 Å². The monoisotopic (exact) mass is 357 g/mol. The third kappa shape index (κ3) is 2.57. The van der Waals surface area contributed by atoms with Crippen LogP contribution in [0.4, 0.5) is 8.78 Å². The summed E-state index contributed by atoms with van der Waals surface area (Å²) in [5.74, 6) is -0.821. The number of carbonyl (C=O) groups is 1. The number of hydrogen-bond donors (Lipinski definition) is 0. The Balaban J connectivity index is 3.47. The second kappa shape index (κ2) is 5.67.